The number of rotatable bonds is 6. The van der Waals surface area contributed by atoms with Gasteiger partial charge in [0.05, 0.1) is 5.70 Å². The van der Waals surface area contributed by atoms with E-state index in [9.17, 15) is 9.59 Å². The molecule has 0 aromatic heterocycles. The van der Waals surface area contributed by atoms with Gasteiger partial charge < -0.3 is 27.6 Å². The fourth-order valence-electron chi connectivity index (χ4n) is 0.916. The molecule has 0 aliphatic carbocycles. The van der Waals surface area contributed by atoms with Crippen LogP contribution in [0.5, 0.6) is 0 Å². The van der Waals surface area contributed by atoms with Crippen LogP contribution in [0.25, 0.3) is 0 Å². The molecule has 0 saturated heterocycles. The minimum absolute atomic E-state index is 0.0431. The molecule has 102 valence electrons. The molecular formula is C10H19N5O3. The maximum absolute atomic E-state index is 11.5. The lowest BCUT2D eigenvalue weighted by Gasteiger charge is -2.20. The zero-order valence-electron chi connectivity index (χ0n) is 10.4. The van der Waals surface area contributed by atoms with Crippen molar-refractivity contribution >= 4 is 17.8 Å². The average molecular weight is 257 g/mol. The third-order valence-electron chi connectivity index (χ3n) is 2.01. The van der Waals surface area contributed by atoms with Crippen molar-refractivity contribution in [2.75, 3.05) is 6.54 Å². The largest absolute Gasteiger partial charge is 0.480 e. The second-order valence-electron chi connectivity index (χ2n) is 4.14. The summed E-state index contributed by atoms with van der Waals surface area (Å²) in [6.07, 6.45) is 1.81. The van der Waals surface area contributed by atoms with E-state index in [1.54, 1.807) is 0 Å². The minimum atomic E-state index is -1.38. The number of carbonyl (C=O) groups excluding carboxylic acids is 1. The Morgan fingerprint density at radius 1 is 1.33 bits per heavy atom. The van der Waals surface area contributed by atoms with Crippen LogP contribution in [-0.4, -0.2) is 35.0 Å². The highest BCUT2D eigenvalue weighted by molar-refractivity contribution is 5.96. The van der Waals surface area contributed by atoms with E-state index in [1.165, 1.54) is 19.9 Å². The number of carbonyl (C=O) groups is 2. The minimum Gasteiger partial charge on any atom is -0.480 e. The molecule has 0 unspecified atom stereocenters. The van der Waals surface area contributed by atoms with Crippen LogP contribution in [0.4, 0.5) is 0 Å². The third kappa shape index (κ3) is 5.73. The molecule has 0 saturated carbocycles. The topological polar surface area (TPSA) is 157 Å². The molecule has 0 aromatic rings. The molecule has 0 atom stereocenters. The average Bonchev–Trinajstić information content (AvgIpc) is 2.22. The van der Waals surface area contributed by atoms with E-state index >= 15 is 0 Å². The van der Waals surface area contributed by atoms with Crippen LogP contribution in [0.2, 0.25) is 0 Å². The molecular weight excluding hydrogens is 238 g/mol. The first kappa shape index (κ1) is 15.8. The monoisotopic (exact) mass is 257 g/mol. The number of aliphatic imine (C=N–C) groups is 1. The highest BCUT2D eigenvalue weighted by Crippen LogP contribution is 2.03. The van der Waals surface area contributed by atoms with Gasteiger partial charge in [-0.2, -0.15) is 0 Å². The molecule has 18 heavy (non-hydrogen) atoms. The van der Waals surface area contributed by atoms with Crippen molar-refractivity contribution in [2.45, 2.75) is 25.8 Å². The summed E-state index contributed by atoms with van der Waals surface area (Å²) in [6, 6.07) is 0. The van der Waals surface area contributed by atoms with Gasteiger partial charge >= 0.3 is 5.97 Å². The van der Waals surface area contributed by atoms with Crippen molar-refractivity contribution in [1.29, 1.82) is 0 Å². The number of guanidine groups is 1. The van der Waals surface area contributed by atoms with Gasteiger partial charge in [-0.15, -0.1) is 0 Å². The molecule has 0 rings (SSSR count). The van der Waals surface area contributed by atoms with Crippen LogP contribution >= 0.6 is 0 Å². The van der Waals surface area contributed by atoms with Crippen LogP contribution in [0, 0.1) is 0 Å². The fraction of sp³-hybridized carbons (Fsp3) is 0.500. The van der Waals surface area contributed by atoms with Gasteiger partial charge in [0.1, 0.15) is 5.54 Å². The Labute approximate surface area is 105 Å². The van der Waals surface area contributed by atoms with E-state index in [0.29, 0.717) is 13.0 Å². The van der Waals surface area contributed by atoms with Crippen LogP contribution in [0.3, 0.4) is 0 Å². The summed E-state index contributed by atoms with van der Waals surface area (Å²) in [4.78, 5) is 26.0. The Morgan fingerprint density at radius 2 is 1.89 bits per heavy atom. The van der Waals surface area contributed by atoms with Gasteiger partial charge in [0.2, 0.25) is 0 Å². The van der Waals surface area contributed by atoms with Crippen molar-refractivity contribution in [3.8, 4) is 0 Å². The van der Waals surface area contributed by atoms with Crippen molar-refractivity contribution < 1.29 is 14.7 Å². The SMILES string of the molecule is CC(C)(NC(=O)/C(N)=C\CCN=C(N)N)C(=O)O. The highest BCUT2D eigenvalue weighted by Gasteiger charge is 2.29. The molecule has 1 amide bonds. The lowest BCUT2D eigenvalue weighted by molar-refractivity contribution is -0.145. The van der Waals surface area contributed by atoms with Gasteiger partial charge in [-0.05, 0) is 20.3 Å². The molecule has 8 N–H and O–H groups in total. The zero-order valence-corrected chi connectivity index (χ0v) is 10.4. The smallest absolute Gasteiger partial charge is 0.328 e. The number of aliphatic carboxylic acids is 1. The Balaban J connectivity index is 4.39. The number of carboxylic acids is 1. The molecule has 8 nitrogen and oxygen atoms in total. The summed E-state index contributed by atoms with van der Waals surface area (Å²) in [5.74, 6) is -1.84. The molecule has 0 heterocycles. The molecule has 0 fully saturated rings. The van der Waals surface area contributed by atoms with Crippen LogP contribution in [0.1, 0.15) is 20.3 Å². The molecule has 0 spiro atoms. The highest BCUT2D eigenvalue weighted by atomic mass is 16.4. The van der Waals surface area contributed by atoms with E-state index in [0.717, 1.165) is 0 Å². The number of amides is 1. The van der Waals surface area contributed by atoms with Gasteiger partial charge in [0.15, 0.2) is 5.96 Å². The number of hydrogen-bond donors (Lipinski definition) is 5. The van der Waals surface area contributed by atoms with Crippen LogP contribution in [0.15, 0.2) is 16.8 Å². The molecule has 0 aliphatic rings. The second kappa shape index (κ2) is 6.48. The lowest BCUT2D eigenvalue weighted by Crippen LogP contribution is -2.50. The third-order valence-corrected chi connectivity index (χ3v) is 2.01. The summed E-state index contributed by atoms with van der Waals surface area (Å²) in [6.45, 7) is 3.03. The summed E-state index contributed by atoms with van der Waals surface area (Å²) < 4.78 is 0. The van der Waals surface area contributed by atoms with Gasteiger partial charge in [0, 0.05) is 6.54 Å². The molecule has 0 aromatic carbocycles. The lowest BCUT2D eigenvalue weighted by atomic mass is 10.1. The number of nitrogens with zero attached hydrogens (tertiary/aromatic N) is 1. The van der Waals surface area contributed by atoms with Crippen molar-refractivity contribution in [2.24, 2.45) is 22.2 Å². The summed E-state index contributed by atoms with van der Waals surface area (Å²) in [5.41, 5.74) is 14.3. The fourth-order valence-corrected chi connectivity index (χ4v) is 0.916. The van der Waals surface area contributed by atoms with E-state index < -0.39 is 17.4 Å². The van der Waals surface area contributed by atoms with Gasteiger partial charge in [-0.3, -0.25) is 9.79 Å². The Kier molecular flexibility index (Phi) is 5.67. The molecule has 0 aliphatic heterocycles. The Bertz CT molecular complexity index is 383. The normalized spacial score (nSPS) is 11.8. The molecule has 0 bridgehead atoms. The predicted octanol–water partition coefficient (Wildman–Crippen LogP) is -1.53. The maximum Gasteiger partial charge on any atom is 0.328 e. The van der Waals surface area contributed by atoms with Crippen molar-refractivity contribution in [3.05, 3.63) is 11.8 Å². The summed E-state index contributed by atoms with van der Waals surface area (Å²) >= 11 is 0. The zero-order chi connectivity index (χ0) is 14.3. The first-order chi connectivity index (χ1) is 8.16. The predicted molar refractivity (Wildman–Crippen MR) is 67.4 cm³/mol. The van der Waals surface area contributed by atoms with Crippen LogP contribution < -0.4 is 22.5 Å². The quantitative estimate of drug-likeness (QED) is 0.168. The van der Waals surface area contributed by atoms with E-state index in [-0.39, 0.29) is 11.7 Å². The number of nitrogens with one attached hydrogen (secondary N) is 1. The van der Waals surface area contributed by atoms with Crippen LogP contribution in [-0.2, 0) is 9.59 Å². The van der Waals surface area contributed by atoms with Gasteiger partial charge in [0.25, 0.3) is 5.91 Å². The summed E-state index contributed by atoms with van der Waals surface area (Å²) in [7, 11) is 0. The number of nitrogens with two attached hydrogens (primary N) is 3. The van der Waals surface area contributed by atoms with Crippen molar-refractivity contribution in [3.63, 3.8) is 0 Å². The van der Waals surface area contributed by atoms with Gasteiger partial charge in [-0.25, -0.2) is 4.79 Å². The Morgan fingerprint density at radius 3 is 2.33 bits per heavy atom. The van der Waals surface area contributed by atoms with E-state index in [4.69, 9.17) is 22.3 Å². The number of hydrogen-bond acceptors (Lipinski definition) is 4. The first-order valence-corrected chi connectivity index (χ1v) is 5.23. The van der Waals surface area contributed by atoms with E-state index in [2.05, 4.69) is 10.3 Å². The maximum atomic E-state index is 11.5. The number of carboxylic acid groups (broad SMARTS) is 1. The Hall–Kier alpha value is -2.25. The van der Waals surface area contributed by atoms with E-state index in [1.807, 2.05) is 0 Å². The van der Waals surface area contributed by atoms with Gasteiger partial charge in [-0.1, -0.05) is 6.08 Å². The second-order valence-corrected chi connectivity index (χ2v) is 4.14. The van der Waals surface area contributed by atoms with Crippen molar-refractivity contribution in [1.82, 2.24) is 5.32 Å². The standard InChI is InChI=1S/C10H19N5O3/c1-10(2,8(17)18)15-7(16)6(11)4-3-5-14-9(12)13/h4H,3,5,11H2,1-2H3,(H,15,16)(H,17,18)(H4,12,13,14)/b6-4+. The first-order valence-electron chi connectivity index (χ1n) is 5.23. The summed E-state index contributed by atoms with van der Waals surface area (Å²) in [5, 5.41) is 11.1. The molecule has 8 heteroatoms. The molecule has 0 radical (unpaired) electrons.